The predicted molar refractivity (Wildman–Crippen MR) is 91.3 cm³/mol. The van der Waals surface area contributed by atoms with Crippen LogP contribution in [0.4, 0.5) is 4.39 Å². The maximum Gasteiger partial charge on any atom is 0.191 e. The van der Waals surface area contributed by atoms with Gasteiger partial charge in [0.25, 0.3) is 0 Å². The van der Waals surface area contributed by atoms with Gasteiger partial charge in [0.15, 0.2) is 5.96 Å². The van der Waals surface area contributed by atoms with E-state index in [0.717, 1.165) is 11.3 Å². The molecule has 0 unspecified atom stereocenters. The molecule has 0 aromatic heterocycles. The van der Waals surface area contributed by atoms with Crippen molar-refractivity contribution in [2.45, 2.75) is 13.5 Å². The first kappa shape index (κ1) is 16.8. The molecular weight excluding hydrogens is 293 g/mol. The van der Waals surface area contributed by atoms with Gasteiger partial charge < -0.3 is 15.4 Å². The van der Waals surface area contributed by atoms with E-state index >= 15 is 0 Å². The van der Waals surface area contributed by atoms with Gasteiger partial charge >= 0.3 is 0 Å². The van der Waals surface area contributed by atoms with Gasteiger partial charge in [0.05, 0.1) is 6.54 Å². The van der Waals surface area contributed by atoms with Gasteiger partial charge in [-0.1, -0.05) is 36.4 Å². The van der Waals surface area contributed by atoms with Crippen molar-refractivity contribution in [3.8, 4) is 5.75 Å². The van der Waals surface area contributed by atoms with Crippen LogP contribution in [0.1, 0.15) is 11.1 Å². The number of hydrogen-bond donors (Lipinski definition) is 2. The molecule has 122 valence electrons. The summed E-state index contributed by atoms with van der Waals surface area (Å²) < 4.78 is 19.3. The van der Waals surface area contributed by atoms with E-state index in [-0.39, 0.29) is 5.82 Å². The van der Waals surface area contributed by atoms with Crippen LogP contribution < -0.4 is 15.4 Å². The highest BCUT2D eigenvalue weighted by atomic mass is 19.1. The zero-order valence-electron chi connectivity index (χ0n) is 13.5. The molecule has 0 heterocycles. The normalized spacial score (nSPS) is 11.2. The fourth-order valence-corrected chi connectivity index (χ4v) is 2.09. The summed E-state index contributed by atoms with van der Waals surface area (Å²) in [4.78, 5) is 4.11. The highest BCUT2D eigenvalue weighted by molar-refractivity contribution is 5.79. The van der Waals surface area contributed by atoms with Crippen LogP contribution in [-0.4, -0.2) is 26.2 Å². The van der Waals surface area contributed by atoms with Crippen molar-refractivity contribution in [3.05, 3.63) is 65.5 Å². The maximum absolute atomic E-state index is 13.6. The molecule has 0 aliphatic heterocycles. The molecule has 0 atom stereocenters. The van der Waals surface area contributed by atoms with Crippen molar-refractivity contribution in [3.63, 3.8) is 0 Å². The first-order chi connectivity index (χ1) is 11.2. The molecule has 0 radical (unpaired) electrons. The Morgan fingerprint density at radius 2 is 1.83 bits per heavy atom. The predicted octanol–water partition coefficient (Wildman–Crippen LogP) is 2.88. The Kier molecular flexibility index (Phi) is 6.41. The molecule has 0 fully saturated rings. The highest BCUT2D eigenvalue weighted by Gasteiger charge is 2.03. The summed E-state index contributed by atoms with van der Waals surface area (Å²) in [6.07, 6.45) is 0. The molecule has 0 aliphatic rings. The lowest BCUT2D eigenvalue weighted by Crippen LogP contribution is -2.39. The van der Waals surface area contributed by atoms with Crippen molar-refractivity contribution in [1.29, 1.82) is 0 Å². The zero-order chi connectivity index (χ0) is 16.5. The summed E-state index contributed by atoms with van der Waals surface area (Å²) in [5, 5.41) is 6.22. The van der Waals surface area contributed by atoms with E-state index < -0.39 is 0 Å². The number of aryl methyl sites for hydroxylation is 1. The Morgan fingerprint density at radius 3 is 2.57 bits per heavy atom. The lowest BCUT2D eigenvalue weighted by molar-refractivity contribution is 0.320. The van der Waals surface area contributed by atoms with Gasteiger partial charge in [-0.3, -0.25) is 4.99 Å². The average molecular weight is 315 g/mol. The van der Waals surface area contributed by atoms with Gasteiger partial charge in [0.2, 0.25) is 0 Å². The minimum Gasteiger partial charge on any atom is -0.491 e. The van der Waals surface area contributed by atoms with Crippen molar-refractivity contribution < 1.29 is 9.13 Å². The minimum absolute atomic E-state index is 0.224. The zero-order valence-corrected chi connectivity index (χ0v) is 13.5. The molecule has 2 aromatic rings. The van der Waals surface area contributed by atoms with E-state index in [9.17, 15) is 4.39 Å². The summed E-state index contributed by atoms with van der Waals surface area (Å²) in [6, 6.07) is 14.6. The van der Waals surface area contributed by atoms with E-state index in [0.29, 0.717) is 31.2 Å². The third-order valence-electron chi connectivity index (χ3n) is 3.37. The van der Waals surface area contributed by atoms with Crippen LogP contribution in [0.5, 0.6) is 5.75 Å². The van der Waals surface area contributed by atoms with Crippen LogP contribution in [0.15, 0.2) is 53.5 Å². The summed E-state index contributed by atoms with van der Waals surface area (Å²) in [6.45, 7) is 3.51. The number of hydrogen-bond acceptors (Lipinski definition) is 2. The Morgan fingerprint density at radius 1 is 1.09 bits per heavy atom. The van der Waals surface area contributed by atoms with Crippen LogP contribution >= 0.6 is 0 Å². The third kappa shape index (κ3) is 5.29. The van der Waals surface area contributed by atoms with Crippen molar-refractivity contribution in [2.24, 2.45) is 4.99 Å². The molecule has 2 N–H and O–H groups in total. The fourth-order valence-electron chi connectivity index (χ4n) is 2.09. The van der Waals surface area contributed by atoms with Crippen LogP contribution in [0, 0.1) is 12.7 Å². The Balaban J connectivity index is 1.73. The van der Waals surface area contributed by atoms with E-state index in [1.807, 2.05) is 37.3 Å². The lowest BCUT2D eigenvalue weighted by Gasteiger charge is -2.13. The standard InChI is InChI=1S/C18H22FN3O/c1-14-7-3-6-10-17(14)23-12-11-21-18(20-2)22-13-15-8-4-5-9-16(15)19/h3-10H,11-13H2,1-2H3,(H2,20,21,22). The summed E-state index contributed by atoms with van der Waals surface area (Å²) in [7, 11) is 1.68. The fraction of sp³-hybridized carbons (Fsp3) is 0.278. The van der Waals surface area contributed by atoms with Crippen molar-refractivity contribution in [2.75, 3.05) is 20.2 Å². The summed E-state index contributed by atoms with van der Waals surface area (Å²) in [5.74, 6) is 1.27. The smallest absolute Gasteiger partial charge is 0.191 e. The molecule has 2 aromatic carbocycles. The number of aliphatic imine (C=N–C) groups is 1. The number of ether oxygens (including phenoxy) is 1. The first-order valence-electron chi connectivity index (χ1n) is 7.57. The molecular formula is C18H22FN3O. The summed E-state index contributed by atoms with van der Waals surface area (Å²) in [5.41, 5.74) is 1.71. The van der Waals surface area contributed by atoms with E-state index in [1.165, 1.54) is 6.07 Å². The van der Waals surface area contributed by atoms with Crippen LogP contribution in [-0.2, 0) is 6.54 Å². The molecule has 0 saturated carbocycles. The number of halogens is 1. The van der Waals surface area contributed by atoms with Gasteiger partial charge in [-0.05, 0) is 24.6 Å². The average Bonchev–Trinajstić information content (AvgIpc) is 2.57. The monoisotopic (exact) mass is 315 g/mol. The van der Waals surface area contributed by atoms with Crippen molar-refractivity contribution in [1.82, 2.24) is 10.6 Å². The molecule has 5 heteroatoms. The van der Waals surface area contributed by atoms with Crippen LogP contribution in [0.3, 0.4) is 0 Å². The second-order valence-electron chi connectivity index (χ2n) is 5.06. The molecule has 0 amide bonds. The molecule has 0 saturated heterocycles. The van der Waals surface area contributed by atoms with Gasteiger partial charge in [-0.15, -0.1) is 0 Å². The second kappa shape index (κ2) is 8.78. The number of para-hydroxylation sites is 1. The third-order valence-corrected chi connectivity index (χ3v) is 3.37. The number of rotatable bonds is 6. The molecule has 23 heavy (non-hydrogen) atoms. The van der Waals surface area contributed by atoms with Gasteiger partial charge in [-0.2, -0.15) is 0 Å². The number of benzene rings is 2. The highest BCUT2D eigenvalue weighted by Crippen LogP contribution is 2.15. The SMILES string of the molecule is CN=C(NCCOc1ccccc1C)NCc1ccccc1F. The largest absolute Gasteiger partial charge is 0.491 e. The van der Waals surface area contributed by atoms with Crippen LogP contribution in [0.2, 0.25) is 0 Å². The van der Waals surface area contributed by atoms with Crippen molar-refractivity contribution >= 4 is 5.96 Å². The topological polar surface area (TPSA) is 45.7 Å². The Bertz CT molecular complexity index is 658. The number of nitrogens with one attached hydrogen (secondary N) is 2. The van der Waals surface area contributed by atoms with E-state index in [1.54, 1.807) is 19.2 Å². The number of nitrogens with zero attached hydrogens (tertiary/aromatic N) is 1. The van der Waals surface area contributed by atoms with Crippen LogP contribution in [0.25, 0.3) is 0 Å². The number of guanidine groups is 1. The Labute approximate surface area is 136 Å². The van der Waals surface area contributed by atoms with Gasteiger partial charge in [-0.25, -0.2) is 4.39 Å². The molecule has 4 nitrogen and oxygen atoms in total. The first-order valence-corrected chi connectivity index (χ1v) is 7.57. The molecule has 0 bridgehead atoms. The van der Waals surface area contributed by atoms with Gasteiger partial charge in [0, 0.05) is 19.2 Å². The lowest BCUT2D eigenvalue weighted by atomic mass is 10.2. The Hall–Kier alpha value is -2.56. The molecule has 0 spiro atoms. The molecule has 0 aliphatic carbocycles. The van der Waals surface area contributed by atoms with E-state index in [2.05, 4.69) is 15.6 Å². The van der Waals surface area contributed by atoms with Gasteiger partial charge in [0.1, 0.15) is 18.2 Å². The molecule has 2 rings (SSSR count). The second-order valence-corrected chi connectivity index (χ2v) is 5.06. The summed E-state index contributed by atoms with van der Waals surface area (Å²) >= 11 is 0. The maximum atomic E-state index is 13.6. The van der Waals surface area contributed by atoms with E-state index in [4.69, 9.17) is 4.74 Å². The quantitative estimate of drug-likeness (QED) is 0.489. The minimum atomic E-state index is -0.224.